The van der Waals surface area contributed by atoms with Crippen LogP contribution >= 0.6 is 11.6 Å². The summed E-state index contributed by atoms with van der Waals surface area (Å²) >= 11 is 5.78. The molecule has 0 amide bonds. The number of benzene rings is 1. The summed E-state index contributed by atoms with van der Waals surface area (Å²) in [5.74, 6) is 0. The van der Waals surface area contributed by atoms with Crippen LogP contribution in [0.3, 0.4) is 0 Å². The molecule has 0 aliphatic rings. The highest BCUT2D eigenvalue weighted by molar-refractivity contribution is 6.53. The summed E-state index contributed by atoms with van der Waals surface area (Å²) in [5.41, 5.74) is 2.49. The average molecular weight is 151 g/mol. The lowest BCUT2D eigenvalue weighted by Gasteiger charge is -2.13. The van der Waals surface area contributed by atoms with Crippen molar-refractivity contribution in [3.63, 3.8) is 0 Å². The Morgan fingerprint density at radius 3 is 2.60 bits per heavy atom. The topological polar surface area (TPSA) is 0 Å². The Kier molecular flexibility index (Phi) is 2.39. The summed E-state index contributed by atoms with van der Waals surface area (Å²) in [6, 6.07) is 5.90. The lowest BCUT2D eigenvalue weighted by molar-refractivity contribution is 1.51. The van der Waals surface area contributed by atoms with Gasteiger partial charge in [0.15, 0.2) is 0 Å². The molecule has 0 bridgehead atoms. The molecule has 1 rings (SSSR count). The molecule has 0 nitrogen and oxygen atoms in total. The molecule has 0 aliphatic carbocycles. The molecule has 0 unspecified atom stereocenters. The second-order valence-electron chi connectivity index (χ2n) is 2.29. The fourth-order valence-corrected chi connectivity index (χ4v) is 1.10. The zero-order valence-electron chi connectivity index (χ0n) is 6.19. The Morgan fingerprint density at radius 1 is 1.40 bits per heavy atom. The highest BCUT2D eigenvalue weighted by Gasteiger charge is 1.86. The minimum atomic E-state index is 0.804. The molecule has 0 heterocycles. The molecule has 52 valence electrons. The van der Waals surface area contributed by atoms with E-state index < -0.39 is 0 Å². The standard InChI is InChI=1S/C8H9BCl/c1-6-3-4-7(10)5-8(6)9-2/h3-5H,1-2H3/q-1. The van der Waals surface area contributed by atoms with Crippen LogP contribution in [-0.4, -0.2) is 7.28 Å². The Morgan fingerprint density at radius 2 is 2.10 bits per heavy atom. The first kappa shape index (κ1) is 7.68. The van der Waals surface area contributed by atoms with E-state index >= 15 is 0 Å². The third-order valence-electron chi connectivity index (χ3n) is 1.55. The van der Waals surface area contributed by atoms with Crippen LogP contribution in [0.25, 0.3) is 0 Å². The fourth-order valence-electron chi connectivity index (χ4n) is 0.922. The van der Waals surface area contributed by atoms with Gasteiger partial charge in [0.1, 0.15) is 0 Å². The molecule has 0 spiro atoms. The van der Waals surface area contributed by atoms with Crippen LogP contribution in [0.1, 0.15) is 5.56 Å². The number of hydrogen-bond acceptors (Lipinski definition) is 0. The second-order valence-corrected chi connectivity index (χ2v) is 2.73. The van der Waals surface area contributed by atoms with Gasteiger partial charge in [-0.05, 0) is 13.0 Å². The van der Waals surface area contributed by atoms with Crippen LogP contribution in [0.4, 0.5) is 0 Å². The molecule has 0 aliphatic heterocycles. The van der Waals surface area contributed by atoms with Crippen molar-refractivity contribution >= 4 is 24.3 Å². The van der Waals surface area contributed by atoms with Crippen LogP contribution in [0.2, 0.25) is 11.8 Å². The molecule has 0 saturated carbocycles. The lowest BCUT2D eigenvalue weighted by Crippen LogP contribution is -2.13. The predicted octanol–water partition coefficient (Wildman–Crippen LogP) is 2.03. The van der Waals surface area contributed by atoms with Crippen LogP contribution in [0.5, 0.6) is 0 Å². The van der Waals surface area contributed by atoms with Crippen LogP contribution in [0.15, 0.2) is 18.2 Å². The fraction of sp³-hybridized carbons (Fsp3) is 0.250. The molecular formula is C8H9BCl-. The van der Waals surface area contributed by atoms with Gasteiger partial charge in [0, 0.05) is 5.02 Å². The van der Waals surface area contributed by atoms with Crippen molar-refractivity contribution in [3.05, 3.63) is 28.8 Å². The van der Waals surface area contributed by atoms with Crippen molar-refractivity contribution in [1.82, 2.24) is 0 Å². The van der Waals surface area contributed by atoms with E-state index in [9.17, 15) is 0 Å². The van der Waals surface area contributed by atoms with Crippen LogP contribution in [0, 0.1) is 6.92 Å². The minimum absolute atomic E-state index is 0.804. The predicted molar refractivity (Wildman–Crippen MR) is 47.4 cm³/mol. The Bertz CT molecular complexity index is 233. The summed E-state index contributed by atoms with van der Waals surface area (Å²) in [7, 11) is 2.06. The van der Waals surface area contributed by atoms with E-state index in [1.165, 1.54) is 11.0 Å². The van der Waals surface area contributed by atoms with E-state index in [1.807, 2.05) is 25.0 Å². The quantitative estimate of drug-likeness (QED) is 0.539. The molecule has 2 heteroatoms. The van der Waals surface area contributed by atoms with Gasteiger partial charge in [0.2, 0.25) is 0 Å². The van der Waals surface area contributed by atoms with Gasteiger partial charge in [-0.2, -0.15) is 0 Å². The average Bonchev–Trinajstić information content (AvgIpc) is 1.94. The summed E-state index contributed by atoms with van der Waals surface area (Å²) < 4.78 is 0. The second kappa shape index (κ2) is 3.11. The summed E-state index contributed by atoms with van der Waals surface area (Å²) in [5, 5.41) is 0.804. The summed E-state index contributed by atoms with van der Waals surface area (Å²) in [4.78, 5) is 0. The lowest BCUT2D eigenvalue weighted by atomic mass is 9.71. The SMILES string of the molecule is C[B-]c1cc(Cl)ccc1C. The molecular weight excluding hydrogens is 142 g/mol. The van der Waals surface area contributed by atoms with Gasteiger partial charge in [-0.15, -0.1) is 0 Å². The molecule has 10 heavy (non-hydrogen) atoms. The van der Waals surface area contributed by atoms with Crippen molar-refractivity contribution in [3.8, 4) is 0 Å². The summed E-state index contributed by atoms with van der Waals surface area (Å²) in [6.07, 6.45) is 0. The van der Waals surface area contributed by atoms with Gasteiger partial charge in [-0.3, -0.25) is 5.46 Å². The van der Waals surface area contributed by atoms with Crippen LogP contribution < -0.4 is 5.46 Å². The smallest absolute Gasteiger partial charge is 0.0372 e. The van der Waals surface area contributed by atoms with Gasteiger partial charge >= 0.3 is 0 Å². The molecule has 0 aromatic heterocycles. The first-order valence-corrected chi connectivity index (χ1v) is 3.67. The van der Waals surface area contributed by atoms with E-state index in [0.717, 1.165) is 5.02 Å². The largest absolute Gasteiger partial charge is 0.301 e. The third-order valence-corrected chi connectivity index (χ3v) is 1.79. The Labute approximate surface area is 67.5 Å². The van der Waals surface area contributed by atoms with E-state index in [4.69, 9.17) is 11.6 Å². The summed E-state index contributed by atoms with van der Waals surface area (Å²) in [6.45, 7) is 4.09. The Hall–Kier alpha value is -0.425. The molecule has 0 N–H and O–H groups in total. The van der Waals surface area contributed by atoms with Crippen LogP contribution in [-0.2, 0) is 0 Å². The number of halogens is 1. The van der Waals surface area contributed by atoms with Gasteiger partial charge in [-0.25, -0.2) is 6.82 Å². The maximum absolute atomic E-state index is 5.78. The normalized spacial score (nSPS) is 9.90. The molecule has 0 saturated heterocycles. The highest BCUT2D eigenvalue weighted by Crippen LogP contribution is 2.06. The van der Waals surface area contributed by atoms with E-state index in [-0.39, 0.29) is 0 Å². The molecule has 0 atom stereocenters. The number of aryl methyl sites for hydroxylation is 1. The maximum Gasteiger partial charge on any atom is 0.0372 e. The van der Waals surface area contributed by atoms with E-state index in [1.54, 1.807) is 0 Å². The van der Waals surface area contributed by atoms with E-state index in [0.29, 0.717) is 0 Å². The first-order valence-electron chi connectivity index (χ1n) is 3.29. The van der Waals surface area contributed by atoms with E-state index in [2.05, 4.69) is 14.2 Å². The van der Waals surface area contributed by atoms with Crippen molar-refractivity contribution in [2.75, 3.05) is 0 Å². The van der Waals surface area contributed by atoms with Crippen molar-refractivity contribution in [2.45, 2.75) is 13.7 Å². The molecule has 0 fully saturated rings. The minimum Gasteiger partial charge on any atom is -0.301 e. The molecule has 1 aromatic rings. The highest BCUT2D eigenvalue weighted by atomic mass is 35.5. The monoisotopic (exact) mass is 151 g/mol. The van der Waals surface area contributed by atoms with Gasteiger partial charge in [0.25, 0.3) is 0 Å². The molecule has 2 radical (unpaired) electrons. The number of hydrogen-bond donors (Lipinski definition) is 0. The van der Waals surface area contributed by atoms with Gasteiger partial charge in [0.05, 0.1) is 0 Å². The van der Waals surface area contributed by atoms with Crippen molar-refractivity contribution in [2.24, 2.45) is 0 Å². The molecule has 1 aromatic carbocycles. The zero-order valence-corrected chi connectivity index (χ0v) is 6.94. The number of rotatable bonds is 1. The van der Waals surface area contributed by atoms with Crippen molar-refractivity contribution in [1.29, 1.82) is 0 Å². The Balaban J connectivity index is 3.09. The van der Waals surface area contributed by atoms with Gasteiger partial charge < -0.3 is 7.28 Å². The van der Waals surface area contributed by atoms with Crippen molar-refractivity contribution < 1.29 is 0 Å². The van der Waals surface area contributed by atoms with Gasteiger partial charge in [-0.1, -0.05) is 29.3 Å². The zero-order chi connectivity index (χ0) is 7.56. The third kappa shape index (κ3) is 1.54. The first-order chi connectivity index (χ1) is 4.74. The maximum atomic E-state index is 5.78.